The summed E-state index contributed by atoms with van der Waals surface area (Å²) in [6.45, 7) is 15.6. The van der Waals surface area contributed by atoms with Gasteiger partial charge in [0, 0.05) is 18.8 Å². The summed E-state index contributed by atoms with van der Waals surface area (Å²) >= 11 is 0. The van der Waals surface area contributed by atoms with E-state index in [1.54, 1.807) is 0 Å². The van der Waals surface area contributed by atoms with Crippen molar-refractivity contribution in [3.63, 3.8) is 0 Å². The molecule has 45 heavy (non-hydrogen) atoms. The molecule has 8 rings (SSSR count). The van der Waals surface area contributed by atoms with Crippen LogP contribution in [-0.2, 0) is 20.6 Å². The number of ether oxygens (including phenoxy) is 1. The number of benzene rings is 1. The van der Waals surface area contributed by atoms with Crippen LogP contribution in [0.5, 0.6) is 0 Å². The van der Waals surface area contributed by atoms with Crippen LogP contribution in [0.25, 0.3) is 5.69 Å². The second-order valence-electron chi connectivity index (χ2n) is 16.1. The number of nitrogens with zero attached hydrogens (tertiary/aromatic N) is 3. The molecule has 10 atom stereocenters. The molecule has 4 aliphatic carbocycles. The molecule has 1 aromatic carbocycles. The molecule has 242 valence electrons. The second-order valence-corrected chi connectivity index (χ2v) is 16.1. The van der Waals surface area contributed by atoms with E-state index in [-0.39, 0.29) is 46.1 Å². The van der Waals surface area contributed by atoms with Gasteiger partial charge in [0.2, 0.25) is 0 Å². The lowest BCUT2D eigenvalue weighted by molar-refractivity contribution is -0.204. The van der Waals surface area contributed by atoms with Crippen LogP contribution in [0.1, 0.15) is 93.4 Å². The Hall–Kier alpha value is -3.09. The quantitative estimate of drug-likeness (QED) is 0.265. The van der Waals surface area contributed by atoms with E-state index in [4.69, 9.17) is 4.74 Å². The molecule has 6 aliphatic rings. The van der Waals surface area contributed by atoms with E-state index in [0.717, 1.165) is 38.5 Å². The van der Waals surface area contributed by atoms with Crippen molar-refractivity contribution in [2.24, 2.45) is 46.3 Å². The van der Waals surface area contributed by atoms with Crippen molar-refractivity contribution in [3.8, 4) is 5.69 Å². The fourth-order valence-electron chi connectivity index (χ4n) is 11.3. The van der Waals surface area contributed by atoms with Crippen LogP contribution in [0, 0.1) is 46.3 Å². The number of para-hydroxylation sites is 1. The molecule has 3 saturated carbocycles. The SMILES string of the molecule is CC(=O)O[C@H]1CC[C@]2(C)C3CC[C@]4(C)C([C@H](C)/C=C/[C@H](C)C(C)C)CCC4[C@@]34C=C[C@@]2(C1)n1c(=O)n(-c2ccccc2)c(=O)n14. The minimum atomic E-state index is -0.747. The van der Waals surface area contributed by atoms with Gasteiger partial charge in [-0.3, -0.25) is 4.79 Å². The number of carbonyl (C=O) groups is 1. The van der Waals surface area contributed by atoms with Crippen molar-refractivity contribution < 1.29 is 9.53 Å². The topological polar surface area (TPSA) is 75.2 Å². The third-order valence-electron chi connectivity index (χ3n) is 13.8. The molecule has 3 heterocycles. The van der Waals surface area contributed by atoms with Crippen molar-refractivity contribution in [2.75, 3.05) is 0 Å². The number of fused-ring (bicyclic) bond motifs is 1. The first-order valence-electron chi connectivity index (χ1n) is 17.4. The summed E-state index contributed by atoms with van der Waals surface area (Å²) in [5.41, 5.74) is -1.49. The average Bonchev–Trinajstić information content (AvgIpc) is 3.50. The first kappa shape index (κ1) is 30.6. The molecule has 0 N–H and O–H groups in total. The van der Waals surface area contributed by atoms with Gasteiger partial charge in [-0.15, -0.1) is 0 Å². The van der Waals surface area contributed by atoms with E-state index in [1.807, 2.05) is 39.7 Å². The van der Waals surface area contributed by atoms with Gasteiger partial charge in [0.1, 0.15) is 6.10 Å². The molecule has 0 saturated heterocycles. The van der Waals surface area contributed by atoms with Crippen LogP contribution in [0.3, 0.4) is 0 Å². The first-order chi connectivity index (χ1) is 21.3. The van der Waals surface area contributed by atoms with Crippen LogP contribution < -0.4 is 11.4 Å². The van der Waals surface area contributed by atoms with E-state index < -0.39 is 11.1 Å². The monoisotopic (exact) mass is 613 g/mol. The Kier molecular flexibility index (Phi) is 6.93. The highest BCUT2D eigenvalue weighted by Crippen LogP contribution is 2.74. The summed E-state index contributed by atoms with van der Waals surface area (Å²) in [4.78, 5) is 41.7. The maximum absolute atomic E-state index is 14.8. The average molecular weight is 614 g/mol. The lowest BCUT2D eigenvalue weighted by Gasteiger charge is -2.71. The Balaban J connectivity index is 1.42. The van der Waals surface area contributed by atoms with Crippen molar-refractivity contribution in [3.05, 3.63) is 75.6 Å². The molecule has 2 bridgehead atoms. The number of rotatable bonds is 6. The number of carbonyl (C=O) groups excluding carboxylic acids is 1. The maximum atomic E-state index is 14.8. The predicted molar refractivity (Wildman–Crippen MR) is 176 cm³/mol. The maximum Gasteiger partial charge on any atom is 0.352 e. The van der Waals surface area contributed by atoms with Gasteiger partial charge in [0.25, 0.3) is 0 Å². The fourth-order valence-corrected chi connectivity index (χ4v) is 11.3. The smallest absolute Gasteiger partial charge is 0.352 e. The molecule has 1 aromatic heterocycles. The van der Waals surface area contributed by atoms with Crippen molar-refractivity contribution in [2.45, 2.75) is 111 Å². The van der Waals surface area contributed by atoms with Gasteiger partial charge in [-0.05, 0) is 91.6 Å². The highest BCUT2D eigenvalue weighted by molar-refractivity contribution is 5.66. The molecular weight excluding hydrogens is 562 g/mol. The Labute approximate surface area is 267 Å². The summed E-state index contributed by atoms with van der Waals surface area (Å²) in [6, 6.07) is 9.37. The third-order valence-corrected chi connectivity index (χ3v) is 13.8. The second kappa shape index (κ2) is 10.2. The molecule has 3 fully saturated rings. The number of esters is 1. The zero-order chi connectivity index (χ0) is 32.1. The van der Waals surface area contributed by atoms with Crippen molar-refractivity contribution >= 4 is 5.97 Å². The summed E-state index contributed by atoms with van der Waals surface area (Å²) in [5.74, 6) is 2.24. The normalized spacial score (nSPS) is 39.3. The van der Waals surface area contributed by atoms with Crippen LogP contribution in [0.4, 0.5) is 0 Å². The number of allylic oxidation sites excluding steroid dienone is 4. The van der Waals surface area contributed by atoms with E-state index in [2.05, 4.69) is 65.8 Å². The fraction of sp³-hybridized carbons (Fsp3) is 0.658. The number of hydrogen-bond donors (Lipinski definition) is 0. The van der Waals surface area contributed by atoms with E-state index in [9.17, 15) is 14.4 Å². The Morgan fingerprint density at radius 1 is 0.889 bits per heavy atom. The summed E-state index contributed by atoms with van der Waals surface area (Å²) in [7, 11) is 0. The summed E-state index contributed by atoms with van der Waals surface area (Å²) in [5, 5.41) is 0. The van der Waals surface area contributed by atoms with Gasteiger partial charge in [-0.1, -0.05) is 84.0 Å². The van der Waals surface area contributed by atoms with E-state index in [0.29, 0.717) is 35.8 Å². The Morgan fingerprint density at radius 2 is 1.60 bits per heavy atom. The van der Waals surface area contributed by atoms with Crippen LogP contribution >= 0.6 is 0 Å². The molecule has 0 radical (unpaired) electrons. The third kappa shape index (κ3) is 3.91. The standard InChI is InChI=1S/C38H51N3O4/c1-24(2)25(3)13-14-26(4)30-15-16-31-35(30,6)19-18-32-36(7)20-17-29(45-27(5)42)23-37(36)21-22-38(31,32)41-34(44)39(33(43)40(37)41)28-11-9-8-10-12-28/h8-14,21-22,24-26,29-32H,15-20,23H2,1-7H3/b14-13+/t25-,26+,29-,30?,31?,32?,35+,36+,37-,38-/m0/s1. The van der Waals surface area contributed by atoms with Crippen LogP contribution in [0.2, 0.25) is 0 Å². The van der Waals surface area contributed by atoms with Crippen molar-refractivity contribution in [1.82, 2.24) is 13.9 Å². The zero-order valence-corrected chi connectivity index (χ0v) is 28.2. The zero-order valence-electron chi connectivity index (χ0n) is 28.2. The van der Waals surface area contributed by atoms with Crippen LogP contribution in [-0.4, -0.2) is 26.0 Å². The molecule has 2 spiro atoms. The largest absolute Gasteiger partial charge is 0.462 e. The number of aromatic nitrogens is 3. The van der Waals surface area contributed by atoms with Crippen LogP contribution in [0.15, 0.2) is 64.2 Å². The predicted octanol–water partition coefficient (Wildman–Crippen LogP) is 6.82. The number of hydrogen-bond acceptors (Lipinski definition) is 4. The molecule has 2 aliphatic heterocycles. The lowest BCUT2D eigenvalue weighted by Crippen LogP contribution is -2.76. The lowest BCUT2D eigenvalue weighted by atomic mass is 9.40. The van der Waals surface area contributed by atoms with E-state index in [1.165, 1.54) is 11.5 Å². The van der Waals surface area contributed by atoms with Crippen molar-refractivity contribution in [1.29, 1.82) is 0 Å². The summed E-state index contributed by atoms with van der Waals surface area (Å²) in [6.07, 6.45) is 15.6. The van der Waals surface area contributed by atoms with Gasteiger partial charge in [0.05, 0.1) is 16.8 Å². The Bertz CT molecular complexity index is 1680. The van der Waals surface area contributed by atoms with E-state index >= 15 is 0 Å². The molecule has 3 unspecified atom stereocenters. The Morgan fingerprint density at radius 3 is 2.29 bits per heavy atom. The minimum absolute atomic E-state index is 0.0312. The molecule has 2 aromatic rings. The highest BCUT2D eigenvalue weighted by Gasteiger charge is 2.75. The van der Waals surface area contributed by atoms with Gasteiger partial charge in [-0.25, -0.2) is 23.5 Å². The minimum Gasteiger partial charge on any atom is -0.462 e. The van der Waals surface area contributed by atoms with Gasteiger partial charge in [0.15, 0.2) is 0 Å². The van der Waals surface area contributed by atoms with Gasteiger partial charge < -0.3 is 4.74 Å². The molecular formula is C38H51N3O4. The van der Waals surface area contributed by atoms with Gasteiger partial charge in [-0.2, -0.15) is 0 Å². The summed E-state index contributed by atoms with van der Waals surface area (Å²) < 4.78 is 11.0. The molecule has 0 amide bonds. The molecule has 7 nitrogen and oxygen atoms in total. The first-order valence-corrected chi connectivity index (χ1v) is 17.4. The molecule has 7 heteroatoms. The van der Waals surface area contributed by atoms with Gasteiger partial charge >= 0.3 is 17.3 Å². The highest BCUT2D eigenvalue weighted by atomic mass is 16.5.